The van der Waals surface area contributed by atoms with E-state index in [1.54, 1.807) is 0 Å². The fourth-order valence-corrected chi connectivity index (χ4v) is 11.6. The van der Waals surface area contributed by atoms with E-state index < -0.39 is 25.0 Å². The van der Waals surface area contributed by atoms with Crippen LogP contribution in [-0.2, 0) is 22.8 Å². The molecule has 0 amide bonds. The maximum Gasteiger partial charge on any atom is 0.193 e. The summed E-state index contributed by atoms with van der Waals surface area (Å²) in [4.78, 5) is 1.29. The second kappa shape index (κ2) is 25.1. The van der Waals surface area contributed by atoms with Crippen LogP contribution in [0.2, 0.25) is 54.4 Å². The number of thioether (sulfide) groups is 1. The van der Waals surface area contributed by atoms with Crippen LogP contribution in [0, 0.1) is 23.7 Å². The fourth-order valence-electron chi connectivity index (χ4n) is 7.11. The van der Waals surface area contributed by atoms with Crippen molar-refractivity contribution in [3.05, 3.63) is 90.6 Å². The lowest BCUT2D eigenvalue weighted by atomic mass is 9.91. The van der Waals surface area contributed by atoms with Crippen molar-refractivity contribution in [1.29, 1.82) is 0 Å². The number of hydrogen-bond acceptors (Lipinski definition) is 6. The average Bonchev–Trinajstić information content (AvgIpc) is 3.16. The van der Waals surface area contributed by atoms with Crippen LogP contribution in [0.15, 0.2) is 95.5 Å². The molecule has 0 aromatic heterocycles. The van der Waals surface area contributed by atoms with Crippen molar-refractivity contribution in [2.75, 3.05) is 19.0 Å². The molecule has 2 aliphatic rings. The molecule has 0 radical (unpaired) electrons. The first-order valence-corrected chi connectivity index (χ1v) is 34.0. The van der Waals surface area contributed by atoms with Crippen LogP contribution in [-0.4, -0.2) is 74.4 Å². The molecule has 360 valence electrons. The molecule has 2 heterocycles. The maximum atomic E-state index is 7.35. The highest BCUT2D eigenvalue weighted by molar-refractivity contribution is 7.99. The smallest absolute Gasteiger partial charge is 0.193 e. The zero-order valence-corrected chi connectivity index (χ0v) is 47.5. The highest BCUT2D eigenvalue weighted by Crippen LogP contribution is 2.41. The third-order valence-corrected chi connectivity index (χ3v) is 29.0. The van der Waals surface area contributed by atoms with Crippen LogP contribution in [0.4, 0.5) is 0 Å². The van der Waals surface area contributed by atoms with E-state index >= 15 is 0 Å². The lowest BCUT2D eigenvalue weighted by Gasteiger charge is -2.41. The van der Waals surface area contributed by atoms with Crippen LogP contribution in [0.25, 0.3) is 0 Å². The van der Waals surface area contributed by atoms with Gasteiger partial charge in [0.2, 0.25) is 0 Å². The van der Waals surface area contributed by atoms with Crippen LogP contribution in [0.3, 0.4) is 0 Å². The minimum Gasteiger partial charge on any atom is -0.410 e. The molecule has 0 N–H and O–H groups in total. The standard InChI is InChI=1S/C55H92O5SSi3/c1-43-35-37-56-48(39-43)33-34-52(60-64(17,18)55(10,11)12)46(42-61-51-31-20-19-21-32-51)26-24-30-50(59-63(15,16)54(7,8)9)41-45(3)38-44(2)40-49-29-25-28-47(58-49)27-22-23-36-57-62(13,14)53(4,5)6/h19-21,24-25,28,30-35,44,46-50,52H,3,26-27,29,36-42H2,1-2,4-18H3/b30-24+,34-33+/t44-,46+,47+,48+,49-,50?,52+/m0/s1. The van der Waals surface area contributed by atoms with Gasteiger partial charge in [-0.15, -0.1) is 11.8 Å². The fraction of sp³-hybridized carbons (Fsp3) is 0.673. The van der Waals surface area contributed by atoms with E-state index in [9.17, 15) is 0 Å². The van der Waals surface area contributed by atoms with Gasteiger partial charge in [-0.1, -0.05) is 160 Å². The van der Waals surface area contributed by atoms with Gasteiger partial charge < -0.3 is 22.8 Å². The minimum atomic E-state index is -2.12. The number of benzene rings is 1. The van der Waals surface area contributed by atoms with E-state index in [0.717, 1.165) is 44.3 Å². The predicted octanol–water partition coefficient (Wildman–Crippen LogP) is 15.9. The molecule has 9 heteroatoms. The van der Waals surface area contributed by atoms with Gasteiger partial charge in [0.1, 0.15) is 0 Å². The zero-order chi connectivity index (χ0) is 48.0. The van der Waals surface area contributed by atoms with E-state index in [4.69, 9.17) is 22.8 Å². The Hall–Kier alpha value is -1.72. The molecule has 1 unspecified atom stereocenters. The summed E-state index contributed by atoms with van der Waals surface area (Å²) in [6.07, 6.45) is 22.5. The maximum absolute atomic E-state index is 7.35. The summed E-state index contributed by atoms with van der Waals surface area (Å²) < 4.78 is 33.6. The lowest BCUT2D eigenvalue weighted by Crippen LogP contribution is -2.45. The Morgan fingerprint density at radius 3 is 2.14 bits per heavy atom. The van der Waals surface area contributed by atoms with Crippen LogP contribution in [0.5, 0.6) is 0 Å². The molecule has 7 atom stereocenters. The first kappa shape index (κ1) is 56.6. The van der Waals surface area contributed by atoms with Crippen molar-refractivity contribution in [2.24, 2.45) is 11.8 Å². The molecular formula is C55H92O5SSi3. The molecule has 0 saturated carbocycles. The van der Waals surface area contributed by atoms with Crippen molar-refractivity contribution < 1.29 is 22.8 Å². The first-order valence-electron chi connectivity index (χ1n) is 24.3. The van der Waals surface area contributed by atoms with Crippen molar-refractivity contribution >= 4 is 36.7 Å². The molecule has 0 saturated heterocycles. The van der Waals surface area contributed by atoms with Crippen molar-refractivity contribution in [2.45, 2.75) is 211 Å². The Morgan fingerprint density at radius 1 is 0.875 bits per heavy atom. The van der Waals surface area contributed by atoms with Crippen LogP contribution in [0.1, 0.15) is 121 Å². The van der Waals surface area contributed by atoms with E-state index in [1.807, 2.05) is 11.8 Å². The largest absolute Gasteiger partial charge is 0.410 e. The molecule has 0 fully saturated rings. The third kappa shape index (κ3) is 19.5. The monoisotopic (exact) mass is 949 g/mol. The molecule has 64 heavy (non-hydrogen) atoms. The van der Waals surface area contributed by atoms with Gasteiger partial charge in [0, 0.05) is 23.0 Å². The number of ether oxygens (including phenoxy) is 2. The van der Waals surface area contributed by atoms with E-state index in [2.05, 4.69) is 207 Å². The van der Waals surface area contributed by atoms with Gasteiger partial charge in [-0.3, -0.25) is 0 Å². The minimum absolute atomic E-state index is 0.0289. The number of rotatable bonds is 22. The summed E-state index contributed by atoms with van der Waals surface area (Å²) in [5.41, 5.74) is 2.63. The highest BCUT2D eigenvalue weighted by Gasteiger charge is 2.41. The van der Waals surface area contributed by atoms with Gasteiger partial charge >= 0.3 is 0 Å². The van der Waals surface area contributed by atoms with Gasteiger partial charge in [-0.2, -0.15) is 0 Å². The summed E-state index contributed by atoms with van der Waals surface area (Å²) in [7, 11) is -6.01. The average molecular weight is 950 g/mol. The quantitative estimate of drug-likeness (QED) is 0.0499. The van der Waals surface area contributed by atoms with E-state index in [0.29, 0.717) is 25.6 Å². The Bertz CT molecular complexity index is 1770. The Labute approximate surface area is 401 Å². The molecule has 1 aromatic carbocycles. The van der Waals surface area contributed by atoms with Gasteiger partial charge in [0.15, 0.2) is 25.0 Å². The van der Waals surface area contributed by atoms with Crippen molar-refractivity contribution in [3.8, 4) is 11.8 Å². The molecule has 1 aromatic rings. The Kier molecular flexibility index (Phi) is 22.2. The second-order valence-corrected chi connectivity index (χ2v) is 38.8. The predicted molar refractivity (Wildman–Crippen MR) is 286 cm³/mol. The van der Waals surface area contributed by atoms with Crippen molar-refractivity contribution in [3.63, 3.8) is 0 Å². The first-order chi connectivity index (χ1) is 29.6. The molecule has 0 bridgehead atoms. The van der Waals surface area contributed by atoms with Crippen molar-refractivity contribution in [1.82, 2.24) is 0 Å². The van der Waals surface area contributed by atoms with Crippen LogP contribution < -0.4 is 0 Å². The molecule has 3 rings (SSSR count). The summed E-state index contributed by atoms with van der Waals surface area (Å²) in [5, 5.41) is 0.363. The second-order valence-electron chi connectivity index (χ2n) is 23.4. The molecule has 0 spiro atoms. The van der Waals surface area contributed by atoms with Gasteiger partial charge in [0.05, 0.1) is 43.7 Å². The normalized spacial score (nSPS) is 21.3. The zero-order valence-electron chi connectivity index (χ0n) is 43.7. The SMILES string of the molecule is C=C(CC(/C=C/C[C@H](CSc1ccccc1)[C@@H](/C=C/[C@@H]1CC(C)=CCO1)O[Si](C)(C)C(C)(C)C)O[Si](C)(C)C(C)(C)C)C[C@H](C)C[C@@H]1CC=C[C@@H](CC#CCO[Si](C)(C)C(C)(C)C)O1. The third-order valence-electron chi connectivity index (χ3n) is 14.4. The molecular weight excluding hydrogens is 857 g/mol. The Morgan fingerprint density at radius 2 is 1.52 bits per heavy atom. The lowest BCUT2D eigenvalue weighted by molar-refractivity contribution is -0.00335. The molecule has 5 nitrogen and oxygen atoms in total. The van der Waals surface area contributed by atoms with Gasteiger partial charge in [-0.05, 0) is 118 Å². The van der Waals surface area contributed by atoms with E-state index in [1.165, 1.54) is 16.0 Å². The summed E-state index contributed by atoms with van der Waals surface area (Å²) in [5.74, 6) is 8.24. The number of allylic oxidation sites excluding steroid dienone is 1. The van der Waals surface area contributed by atoms with Crippen LogP contribution >= 0.6 is 11.8 Å². The summed E-state index contributed by atoms with van der Waals surface area (Å²) >= 11 is 1.93. The number of hydrogen-bond donors (Lipinski definition) is 0. The van der Waals surface area contributed by atoms with Gasteiger partial charge in [-0.25, -0.2) is 0 Å². The van der Waals surface area contributed by atoms with Gasteiger partial charge in [0.25, 0.3) is 0 Å². The highest BCUT2D eigenvalue weighted by atomic mass is 32.2. The summed E-state index contributed by atoms with van der Waals surface area (Å²) in [6.45, 7) is 45.2. The molecule has 0 aliphatic carbocycles. The Balaban J connectivity index is 1.77. The summed E-state index contributed by atoms with van der Waals surface area (Å²) in [6, 6.07) is 10.8. The molecule has 2 aliphatic heterocycles. The van der Waals surface area contributed by atoms with E-state index in [-0.39, 0.29) is 51.6 Å². The topological polar surface area (TPSA) is 46.2 Å².